The molecule has 18 heavy (non-hydrogen) atoms. The van der Waals surface area contributed by atoms with Gasteiger partial charge in [0.2, 0.25) is 0 Å². The van der Waals surface area contributed by atoms with Gasteiger partial charge in [-0.05, 0) is 33.2 Å². The number of hydrogen-bond donors (Lipinski definition) is 2. The zero-order chi connectivity index (χ0) is 13.5. The number of carboxylic acids is 1. The number of rotatable bonds is 9. The molecule has 1 unspecified atom stereocenters. The predicted octanol–water partition coefficient (Wildman–Crippen LogP) is 1.46. The van der Waals surface area contributed by atoms with E-state index in [1.807, 2.05) is 6.92 Å². The number of carbonyl (C=O) groups is 1. The van der Waals surface area contributed by atoms with Gasteiger partial charge in [0.25, 0.3) is 0 Å². The lowest BCUT2D eigenvalue weighted by atomic mass is 10.1. The zero-order valence-electron chi connectivity index (χ0n) is 11.2. The van der Waals surface area contributed by atoms with E-state index in [-0.39, 0.29) is 23.4 Å². The van der Waals surface area contributed by atoms with Crippen molar-refractivity contribution < 1.29 is 18.3 Å². The largest absolute Gasteiger partial charge is 0.480 e. The van der Waals surface area contributed by atoms with Gasteiger partial charge in [-0.1, -0.05) is 13.3 Å². The summed E-state index contributed by atoms with van der Waals surface area (Å²) in [5.74, 6) is -0.769. The van der Waals surface area contributed by atoms with Gasteiger partial charge in [0, 0.05) is 0 Å². The third-order valence-corrected chi connectivity index (χ3v) is 4.88. The molecule has 0 rings (SSSR count). The summed E-state index contributed by atoms with van der Waals surface area (Å²) in [7, 11) is -3.02. The molecule has 0 bridgehead atoms. The third kappa shape index (κ3) is 7.89. The van der Waals surface area contributed by atoms with Crippen molar-refractivity contribution in [2.24, 2.45) is 0 Å². The first-order chi connectivity index (χ1) is 7.81. The lowest BCUT2D eigenvalue weighted by Gasteiger charge is -2.13. The fourth-order valence-electron chi connectivity index (χ4n) is 1.39. The molecule has 2 N–H and O–H groups in total. The molecule has 0 aliphatic carbocycles. The van der Waals surface area contributed by atoms with Crippen LogP contribution in [0.2, 0.25) is 0 Å². The Labute approximate surface area is 116 Å². The van der Waals surface area contributed by atoms with Gasteiger partial charge in [-0.15, -0.1) is 12.4 Å². The monoisotopic (exact) mass is 301 g/mol. The van der Waals surface area contributed by atoms with Crippen molar-refractivity contribution in [1.29, 1.82) is 0 Å². The minimum Gasteiger partial charge on any atom is -0.480 e. The Kier molecular flexibility index (Phi) is 10.6. The second-order valence-corrected chi connectivity index (χ2v) is 7.08. The predicted molar refractivity (Wildman–Crippen MR) is 75.1 cm³/mol. The highest BCUT2D eigenvalue weighted by Gasteiger charge is 2.17. The summed E-state index contributed by atoms with van der Waals surface area (Å²) in [6.45, 7) is 5.64. The van der Waals surface area contributed by atoms with Gasteiger partial charge in [0.05, 0.1) is 11.0 Å². The maximum absolute atomic E-state index is 11.5. The molecule has 0 fully saturated rings. The van der Waals surface area contributed by atoms with Crippen LogP contribution in [0.3, 0.4) is 0 Å². The molecule has 0 heterocycles. The number of halogens is 1. The zero-order valence-corrected chi connectivity index (χ0v) is 12.8. The summed E-state index contributed by atoms with van der Waals surface area (Å²) in [4.78, 5) is 10.8. The van der Waals surface area contributed by atoms with E-state index in [9.17, 15) is 13.2 Å². The standard InChI is InChI=1S/C11H23NO4S.ClH/c1-4-6-10(11(13)14)12-7-5-8-17(15,16)9(2)3;/h9-10,12H,4-8H2,1-3H3,(H,13,14);1H. The van der Waals surface area contributed by atoms with Crippen molar-refractivity contribution in [3.05, 3.63) is 0 Å². The molecule has 0 aliphatic rings. The van der Waals surface area contributed by atoms with Gasteiger partial charge in [-0.25, -0.2) is 8.42 Å². The molecule has 0 aromatic carbocycles. The molecule has 0 amide bonds. The molecule has 0 aromatic rings. The van der Waals surface area contributed by atoms with Gasteiger partial charge in [0.15, 0.2) is 9.84 Å². The maximum atomic E-state index is 11.5. The van der Waals surface area contributed by atoms with Crippen LogP contribution in [0.1, 0.15) is 40.0 Å². The van der Waals surface area contributed by atoms with Gasteiger partial charge in [-0.3, -0.25) is 4.79 Å². The van der Waals surface area contributed by atoms with Crippen molar-refractivity contribution >= 4 is 28.2 Å². The number of nitrogens with one attached hydrogen (secondary N) is 1. The van der Waals surface area contributed by atoms with Crippen molar-refractivity contribution in [1.82, 2.24) is 5.32 Å². The minimum atomic E-state index is -3.02. The fraction of sp³-hybridized carbons (Fsp3) is 0.909. The van der Waals surface area contributed by atoms with E-state index >= 15 is 0 Å². The Bertz CT molecular complexity index is 330. The smallest absolute Gasteiger partial charge is 0.320 e. The second kappa shape index (κ2) is 9.58. The Morgan fingerprint density at radius 3 is 2.28 bits per heavy atom. The van der Waals surface area contributed by atoms with Crippen LogP contribution in [0.5, 0.6) is 0 Å². The van der Waals surface area contributed by atoms with Gasteiger partial charge in [0.1, 0.15) is 6.04 Å². The Morgan fingerprint density at radius 1 is 1.33 bits per heavy atom. The quantitative estimate of drug-likeness (QED) is 0.630. The maximum Gasteiger partial charge on any atom is 0.320 e. The van der Waals surface area contributed by atoms with Crippen molar-refractivity contribution in [2.75, 3.05) is 12.3 Å². The average Bonchev–Trinajstić information content (AvgIpc) is 2.22. The van der Waals surface area contributed by atoms with E-state index in [0.717, 1.165) is 6.42 Å². The third-order valence-electron chi connectivity index (χ3n) is 2.59. The van der Waals surface area contributed by atoms with Crippen LogP contribution < -0.4 is 5.32 Å². The summed E-state index contributed by atoms with van der Waals surface area (Å²) in [5.41, 5.74) is 0. The van der Waals surface area contributed by atoms with E-state index in [4.69, 9.17) is 5.11 Å². The van der Waals surface area contributed by atoms with E-state index in [1.165, 1.54) is 0 Å². The number of aliphatic carboxylic acids is 1. The molecule has 0 radical (unpaired) electrons. The molecule has 0 aliphatic heterocycles. The van der Waals surface area contributed by atoms with Crippen LogP contribution in [-0.2, 0) is 14.6 Å². The first-order valence-corrected chi connectivity index (χ1v) is 7.70. The molecule has 1 atom stereocenters. The first kappa shape index (κ1) is 20.0. The van der Waals surface area contributed by atoms with E-state index in [1.54, 1.807) is 13.8 Å². The normalized spacial score (nSPS) is 13.1. The van der Waals surface area contributed by atoms with Gasteiger partial charge in [-0.2, -0.15) is 0 Å². The molecular formula is C11H24ClNO4S. The second-order valence-electron chi connectivity index (χ2n) is 4.40. The molecule has 7 heteroatoms. The van der Waals surface area contributed by atoms with Crippen LogP contribution >= 0.6 is 12.4 Å². The number of sulfone groups is 1. The SMILES string of the molecule is CCCC(NCCCS(=O)(=O)C(C)C)C(=O)O.Cl. The Morgan fingerprint density at radius 2 is 1.89 bits per heavy atom. The highest BCUT2D eigenvalue weighted by molar-refractivity contribution is 7.91. The summed E-state index contributed by atoms with van der Waals surface area (Å²) >= 11 is 0. The van der Waals surface area contributed by atoms with Crippen LogP contribution in [0.15, 0.2) is 0 Å². The molecule has 0 saturated heterocycles. The molecule has 0 spiro atoms. The van der Waals surface area contributed by atoms with Crippen molar-refractivity contribution in [2.45, 2.75) is 51.3 Å². The van der Waals surface area contributed by atoms with Crippen molar-refractivity contribution in [3.63, 3.8) is 0 Å². The van der Waals surface area contributed by atoms with Crippen LogP contribution in [0.4, 0.5) is 0 Å². The summed E-state index contributed by atoms with van der Waals surface area (Å²) in [6.07, 6.45) is 1.80. The lowest BCUT2D eigenvalue weighted by Crippen LogP contribution is -2.37. The first-order valence-electron chi connectivity index (χ1n) is 5.99. The van der Waals surface area contributed by atoms with E-state index < -0.39 is 21.8 Å². The Balaban J connectivity index is 0. The number of carboxylic acid groups (broad SMARTS) is 1. The topological polar surface area (TPSA) is 83.5 Å². The Hall–Kier alpha value is -0.330. The van der Waals surface area contributed by atoms with Crippen molar-refractivity contribution in [3.8, 4) is 0 Å². The summed E-state index contributed by atoms with van der Waals surface area (Å²) in [5, 5.41) is 11.4. The molecule has 0 saturated carbocycles. The minimum absolute atomic E-state index is 0. The van der Waals surface area contributed by atoms with Gasteiger partial charge < -0.3 is 10.4 Å². The van der Waals surface area contributed by atoms with Crippen LogP contribution in [0, 0.1) is 0 Å². The number of hydrogen-bond acceptors (Lipinski definition) is 4. The van der Waals surface area contributed by atoms with Gasteiger partial charge >= 0.3 is 5.97 Å². The lowest BCUT2D eigenvalue weighted by molar-refractivity contribution is -0.139. The van der Waals surface area contributed by atoms with Crippen LogP contribution in [0.25, 0.3) is 0 Å². The summed E-state index contributed by atoms with van der Waals surface area (Å²) < 4.78 is 23.0. The molecular weight excluding hydrogens is 278 g/mol. The van der Waals surface area contributed by atoms with Crippen LogP contribution in [-0.4, -0.2) is 43.1 Å². The van der Waals surface area contributed by atoms with E-state index in [0.29, 0.717) is 19.4 Å². The summed E-state index contributed by atoms with van der Waals surface area (Å²) in [6, 6.07) is -0.568. The average molecular weight is 302 g/mol. The fourth-order valence-corrected chi connectivity index (χ4v) is 2.40. The van der Waals surface area contributed by atoms with E-state index in [2.05, 4.69) is 5.32 Å². The highest BCUT2D eigenvalue weighted by atomic mass is 35.5. The molecule has 0 aromatic heterocycles. The highest BCUT2D eigenvalue weighted by Crippen LogP contribution is 2.03. The molecule has 5 nitrogen and oxygen atoms in total. The molecule has 110 valence electrons.